The Morgan fingerprint density at radius 3 is 1.51 bits per heavy atom. The first-order chi connectivity index (χ1) is 23.7. The minimum atomic E-state index is -1.65. The molecule has 0 spiro atoms. The lowest BCUT2D eigenvalue weighted by Gasteiger charge is -2.40. The molecule has 1 aliphatic heterocycles. The maximum absolute atomic E-state index is 13.0. The molecule has 1 amide bonds. The lowest BCUT2D eigenvalue weighted by molar-refractivity contribution is -0.303. The van der Waals surface area contributed by atoms with Gasteiger partial charge in [0.1, 0.15) is 36.6 Å². The molecule has 0 aromatic rings. The van der Waals surface area contributed by atoms with Crippen LogP contribution in [0, 0.1) is 0 Å². The highest BCUT2D eigenvalue weighted by Crippen LogP contribution is 2.23. The van der Waals surface area contributed by atoms with Gasteiger partial charge in [-0.05, 0) is 12.8 Å². The van der Waals surface area contributed by atoms with E-state index in [1.807, 2.05) is 0 Å². The van der Waals surface area contributed by atoms with E-state index in [0.717, 1.165) is 38.5 Å². The molecule has 292 valence electrons. The molecular weight excluding hydrogens is 630 g/mol. The lowest BCUT2D eigenvalue weighted by Crippen LogP contribution is -2.60. The zero-order valence-electron chi connectivity index (χ0n) is 30.9. The van der Waals surface area contributed by atoms with Crippen LogP contribution in [-0.2, 0) is 14.3 Å². The van der Waals surface area contributed by atoms with Crippen molar-refractivity contribution in [1.82, 2.24) is 5.32 Å². The molecule has 9 unspecified atom stereocenters. The molecule has 0 radical (unpaired) electrons. The number of aliphatic hydroxyl groups excluding tert-OH is 7. The van der Waals surface area contributed by atoms with Crippen LogP contribution >= 0.6 is 0 Å². The smallest absolute Gasteiger partial charge is 0.249 e. The van der Waals surface area contributed by atoms with E-state index in [0.29, 0.717) is 19.3 Å². The van der Waals surface area contributed by atoms with Gasteiger partial charge in [0.25, 0.3) is 0 Å². The van der Waals surface area contributed by atoms with Crippen molar-refractivity contribution in [3.8, 4) is 0 Å². The predicted octanol–water partition coefficient (Wildman–Crippen LogP) is 4.77. The number of unbranched alkanes of at least 4 members (excludes halogenated alkanes) is 20. The summed E-state index contributed by atoms with van der Waals surface area (Å²) in [5.74, 6) is -0.699. The fraction of sp³-hybridized carbons (Fsp3) is 0.974. The predicted molar refractivity (Wildman–Crippen MR) is 192 cm³/mol. The van der Waals surface area contributed by atoms with Gasteiger partial charge in [0.2, 0.25) is 5.91 Å². The summed E-state index contributed by atoms with van der Waals surface area (Å²) in [5.41, 5.74) is 0. The van der Waals surface area contributed by atoms with E-state index in [1.54, 1.807) is 0 Å². The molecule has 9 atom stereocenters. The third-order valence-corrected chi connectivity index (χ3v) is 9.91. The summed E-state index contributed by atoms with van der Waals surface area (Å²) in [6, 6.07) is -1.16. The second kappa shape index (κ2) is 29.7. The summed E-state index contributed by atoms with van der Waals surface area (Å²) >= 11 is 0. The quantitative estimate of drug-likeness (QED) is 0.0453. The van der Waals surface area contributed by atoms with E-state index in [2.05, 4.69) is 19.2 Å². The van der Waals surface area contributed by atoms with Gasteiger partial charge in [-0.15, -0.1) is 0 Å². The van der Waals surface area contributed by atoms with Crippen LogP contribution in [0.5, 0.6) is 0 Å². The second-order valence-corrected chi connectivity index (χ2v) is 14.4. The van der Waals surface area contributed by atoms with Crippen molar-refractivity contribution in [2.75, 3.05) is 13.2 Å². The highest BCUT2D eigenvalue weighted by Gasteiger charge is 2.44. The first-order valence-electron chi connectivity index (χ1n) is 19.9. The third-order valence-electron chi connectivity index (χ3n) is 9.91. The van der Waals surface area contributed by atoms with Gasteiger partial charge in [0, 0.05) is 0 Å². The van der Waals surface area contributed by atoms with E-state index in [1.165, 1.54) is 89.9 Å². The molecule has 1 rings (SSSR count). The molecule has 0 bridgehead atoms. The van der Waals surface area contributed by atoms with Crippen molar-refractivity contribution in [3.63, 3.8) is 0 Å². The Kier molecular flexibility index (Phi) is 27.9. The van der Waals surface area contributed by atoms with Crippen LogP contribution in [0.25, 0.3) is 0 Å². The van der Waals surface area contributed by atoms with E-state index >= 15 is 0 Å². The van der Waals surface area contributed by atoms with Gasteiger partial charge in [0.05, 0.1) is 25.4 Å². The topological polar surface area (TPSA) is 189 Å². The van der Waals surface area contributed by atoms with E-state index in [9.17, 15) is 40.5 Å². The summed E-state index contributed by atoms with van der Waals surface area (Å²) in [5, 5.41) is 75.2. The fourth-order valence-corrected chi connectivity index (χ4v) is 6.50. The SMILES string of the molecule is CCCCCCCCCCCCCC(O)C(=O)NC(COC1OC(CO)C(O)C(O)C1O)C(O)C(O)CCCCCCCCCCCCC. The summed E-state index contributed by atoms with van der Waals surface area (Å²) < 4.78 is 11.0. The molecular formula is C38H75NO10. The molecule has 1 saturated heterocycles. The van der Waals surface area contributed by atoms with Gasteiger partial charge >= 0.3 is 0 Å². The Labute approximate surface area is 297 Å². The molecule has 11 heteroatoms. The summed E-state index contributed by atoms with van der Waals surface area (Å²) in [7, 11) is 0. The maximum atomic E-state index is 13.0. The molecule has 0 aliphatic carbocycles. The van der Waals surface area contributed by atoms with Crippen molar-refractivity contribution in [2.24, 2.45) is 0 Å². The van der Waals surface area contributed by atoms with Crippen LogP contribution in [0.2, 0.25) is 0 Å². The van der Waals surface area contributed by atoms with Gasteiger partial charge in [0.15, 0.2) is 6.29 Å². The highest BCUT2D eigenvalue weighted by molar-refractivity contribution is 5.80. The van der Waals surface area contributed by atoms with Gasteiger partial charge < -0.3 is 50.5 Å². The highest BCUT2D eigenvalue weighted by atomic mass is 16.7. The van der Waals surface area contributed by atoms with E-state index in [-0.39, 0.29) is 6.42 Å². The monoisotopic (exact) mass is 706 g/mol. The van der Waals surface area contributed by atoms with E-state index in [4.69, 9.17) is 9.47 Å². The average Bonchev–Trinajstić information content (AvgIpc) is 3.10. The van der Waals surface area contributed by atoms with Gasteiger partial charge in [-0.3, -0.25) is 4.79 Å². The average molecular weight is 706 g/mol. The number of hydrogen-bond acceptors (Lipinski definition) is 10. The molecule has 1 aliphatic rings. The Morgan fingerprint density at radius 2 is 1.06 bits per heavy atom. The Balaban J connectivity index is 2.56. The van der Waals surface area contributed by atoms with Crippen LogP contribution in [-0.4, -0.2) is 110 Å². The molecule has 1 fully saturated rings. The van der Waals surface area contributed by atoms with Crippen molar-refractivity contribution >= 4 is 5.91 Å². The largest absolute Gasteiger partial charge is 0.394 e. The zero-order chi connectivity index (χ0) is 36.3. The van der Waals surface area contributed by atoms with Crippen molar-refractivity contribution in [3.05, 3.63) is 0 Å². The third kappa shape index (κ3) is 20.7. The number of nitrogens with one attached hydrogen (secondary N) is 1. The Hall–Kier alpha value is -0.890. The molecule has 11 nitrogen and oxygen atoms in total. The summed E-state index contributed by atoms with van der Waals surface area (Å²) in [4.78, 5) is 13.0. The van der Waals surface area contributed by atoms with Crippen LogP contribution in [0.3, 0.4) is 0 Å². The molecule has 8 N–H and O–H groups in total. The normalized spacial score (nSPS) is 23.7. The van der Waals surface area contributed by atoms with Crippen molar-refractivity contribution in [1.29, 1.82) is 0 Å². The molecule has 0 aromatic carbocycles. The molecule has 49 heavy (non-hydrogen) atoms. The molecule has 0 saturated carbocycles. The first kappa shape index (κ1) is 46.1. The minimum Gasteiger partial charge on any atom is -0.394 e. The standard InChI is InChI=1S/C38H75NO10/c1-3-5-7-9-11-13-15-17-19-21-23-25-30(41)33(43)29(28-48-38-36(46)35(45)34(44)32(27-40)49-38)39-37(47)31(42)26-24-22-20-18-16-14-12-10-8-6-4-2/h29-36,38,40-46H,3-28H2,1-2H3,(H,39,47). The Bertz CT molecular complexity index is 775. The zero-order valence-corrected chi connectivity index (χ0v) is 30.9. The van der Waals surface area contributed by atoms with Gasteiger partial charge in [-0.25, -0.2) is 0 Å². The van der Waals surface area contributed by atoms with Crippen molar-refractivity contribution in [2.45, 2.75) is 223 Å². The number of amides is 1. The number of hydrogen-bond donors (Lipinski definition) is 8. The second-order valence-electron chi connectivity index (χ2n) is 14.4. The van der Waals surface area contributed by atoms with Gasteiger partial charge in [-0.1, -0.05) is 155 Å². The number of aliphatic hydroxyl groups is 7. The summed E-state index contributed by atoms with van der Waals surface area (Å²) in [6.45, 7) is 3.39. The number of ether oxygens (including phenoxy) is 2. The Morgan fingerprint density at radius 1 is 0.633 bits per heavy atom. The minimum absolute atomic E-state index is 0.264. The first-order valence-corrected chi connectivity index (χ1v) is 19.9. The molecule has 0 aromatic heterocycles. The van der Waals surface area contributed by atoms with Crippen LogP contribution in [0.1, 0.15) is 168 Å². The maximum Gasteiger partial charge on any atom is 0.249 e. The number of carbonyl (C=O) groups excluding carboxylic acids is 1. The lowest BCUT2D eigenvalue weighted by atomic mass is 9.98. The molecule has 1 heterocycles. The van der Waals surface area contributed by atoms with Crippen LogP contribution in [0.15, 0.2) is 0 Å². The van der Waals surface area contributed by atoms with Crippen LogP contribution in [0.4, 0.5) is 0 Å². The van der Waals surface area contributed by atoms with Gasteiger partial charge in [-0.2, -0.15) is 0 Å². The number of rotatable bonds is 32. The fourth-order valence-electron chi connectivity index (χ4n) is 6.50. The van der Waals surface area contributed by atoms with Crippen molar-refractivity contribution < 1.29 is 50.0 Å². The number of carbonyl (C=O) groups is 1. The van der Waals surface area contributed by atoms with Crippen LogP contribution < -0.4 is 5.32 Å². The van der Waals surface area contributed by atoms with E-state index < -0.39 is 74.2 Å². The summed E-state index contributed by atoms with van der Waals surface area (Å²) in [6.07, 6.45) is 14.5.